The number of hydrogen-bond donors (Lipinski definition) is 1. The van der Waals surface area contributed by atoms with Crippen LogP contribution in [0.1, 0.15) is 39.2 Å². The first-order valence-electron chi connectivity index (χ1n) is 6.98. The molecule has 0 radical (unpaired) electrons. The van der Waals surface area contributed by atoms with Crippen LogP contribution in [0.15, 0.2) is 24.3 Å². The fourth-order valence-corrected chi connectivity index (χ4v) is 3.37. The first-order chi connectivity index (χ1) is 8.52. The first-order valence-corrected chi connectivity index (χ1v) is 7.36. The van der Waals surface area contributed by atoms with E-state index >= 15 is 0 Å². The molecule has 0 heterocycles. The highest BCUT2D eigenvalue weighted by Crippen LogP contribution is 2.47. The quantitative estimate of drug-likeness (QED) is 0.839. The molecule has 2 heteroatoms. The molecule has 0 amide bonds. The van der Waals surface area contributed by atoms with Gasteiger partial charge >= 0.3 is 0 Å². The van der Waals surface area contributed by atoms with Crippen molar-refractivity contribution in [3.05, 3.63) is 34.9 Å². The third kappa shape index (κ3) is 3.07. The molecule has 1 nitrogen and oxygen atoms in total. The Labute approximate surface area is 116 Å². The SMILES string of the molecule is CC(C)CNCC1(c2cccc(Cl)c2)CC(C)C1. The van der Waals surface area contributed by atoms with Crippen molar-refractivity contribution in [2.24, 2.45) is 11.8 Å². The van der Waals surface area contributed by atoms with Crippen LogP contribution in [-0.4, -0.2) is 13.1 Å². The average molecular weight is 266 g/mol. The molecule has 18 heavy (non-hydrogen) atoms. The van der Waals surface area contributed by atoms with E-state index < -0.39 is 0 Å². The van der Waals surface area contributed by atoms with Crippen molar-refractivity contribution in [1.82, 2.24) is 5.32 Å². The van der Waals surface area contributed by atoms with Gasteiger partial charge in [0.2, 0.25) is 0 Å². The Hall–Kier alpha value is -0.530. The van der Waals surface area contributed by atoms with E-state index in [1.807, 2.05) is 6.07 Å². The van der Waals surface area contributed by atoms with Crippen LogP contribution in [0.4, 0.5) is 0 Å². The Morgan fingerprint density at radius 3 is 2.67 bits per heavy atom. The van der Waals surface area contributed by atoms with Crippen molar-refractivity contribution in [2.75, 3.05) is 13.1 Å². The zero-order valence-corrected chi connectivity index (χ0v) is 12.4. The molecule has 2 rings (SSSR count). The van der Waals surface area contributed by atoms with Crippen LogP contribution in [0.3, 0.4) is 0 Å². The van der Waals surface area contributed by atoms with Gasteiger partial charge in [-0.15, -0.1) is 0 Å². The van der Waals surface area contributed by atoms with Gasteiger partial charge in [-0.2, -0.15) is 0 Å². The Kier molecular flexibility index (Phi) is 4.34. The van der Waals surface area contributed by atoms with Crippen LogP contribution in [-0.2, 0) is 5.41 Å². The Morgan fingerprint density at radius 2 is 2.11 bits per heavy atom. The summed E-state index contributed by atoms with van der Waals surface area (Å²) in [5, 5.41) is 4.48. The van der Waals surface area contributed by atoms with Crippen molar-refractivity contribution in [3.63, 3.8) is 0 Å². The van der Waals surface area contributed by atoms with Crippen molar-refractivity contribution in [3.8, 4) is 0 Å². The van der Waals surface area contributed by atoms with Gasteiger partial charge in [0.15, 0.2) is 0 Å². The van der Waals surface area contributed by atoms with Gasteiger partial charge in [-0.3, -0.25) is 0 Å². The van der Waals surface area contributed by atoms with E-state index in [1.165, 1.54) is 18.4 Å². The molecular weight excluding hydrogens is 242 g/mol. The summed E-state index contributed by atoms with van der Waals surface area (Å²) in [5.41, 5.74) is 1.73. The molecule has 0 atom stereocenters. The third-order valence-corrected chi connectivity index (χ3v) is 4.17. The predicted octanol–water partition coefficient (Wildman–Crippen LogP) is 4.25. The summed E-state index contributed by atoms with van der Waals surface area (Å²) in [7, 11) is 0. The summed E-state index contributed by atoms with van der Waals surface area (Å²) in [5.74, 6) is 1.55. The fraction of sp³-hybridized carbons (Fsp3) is 0.625. The van der Waals surface area contributed by atoms with Gasteiger partial charge in [0.1, 0.15) is 0 Å². The molecule has 1 aromatic carbocycles. The van der Waals surface area contributed by atoms with E-state index in [-0.39, 0.29) is 0 Å². The second kappa shape index (κ2) is 5.63. The van der Waals surface area contributed by atoms with Gasteiger partial charge < -0.3 is 5.32 Å². The zero-order chi connectivity index (χ0) is 13.2. The van der Waals surface area contributed by atoms with Gasteiger partial charge in [-0.1, -0.05) is 44.5 Å². The normalized spacial score (nSPS) is 27.3. The minimum absolute atomic E-state index is 0.319. The van der Waals surface area contributed by atoms with Crippen molar-refractivity contribution >= 4 is 11.6 Å². The summed E-state index contributed by atoms with van der Waals surface area (Å²) in [4.78, 5) is 0. The smallest absolute Gasteiger partial charge is 0.0408 e. The lowest BCUT2D eigenvalue weighted by atomic mass is 9.59. The molecule has 0 spiro atoms. The van der Waals surface area contributed by atoms with Crippen molar-refractivity contribution in [1.29, 1.82) is 0 Å². The van der Waals surface area contributed by atoms with Crippen molar-refractivity contribution < 1.29 is 0 Å². The topological polar surface area (TPSA) is 12.0 Å². The van der Waals surface area contributed by atoms with Gasteiger partial charge in [-0.05, 0) is 48.9 Å². The standard InChI is InChI=1S/C16H24ClN/c1-12(2)10-18-11-16(8-13(3)9-16)14-5-4-6-15(17)7-14/h4-7,12-13,18H,8-11H2,1-3H3. The molecule has 0 saturated heterocycles. The minimum atomic E-state index is 0.319. The van der Waals surface area contributed by atoms with Crippen molar-refractivity contribution in [2.45, 2.75) is 39.0 Å². The number of rotatable bonds is 5. The van der Waals surface area contributed by atoms with Gasteiger partial charge in [-0.25, -0.2) is 0 Å². The zero-order valence-electron chi connectivity index (χ0n) is 11.7. The van der Waals surface area contributed by atoms with E-state index in [4.69, 9.17) is 11.6 Å². The number of hydrogen-bond acceptors (Lipinski definition) is 1. The van der Waals surface area contributed by atoms with E-state index in [1.54, 1.807) is 0 Å². The number of halogens is 1. The highest BCUT2D eigenvalue weighted by Gasteiger charge is 2.42. The molecule has 1 aromatic rings. The fourth-order valence-electron chi connectivity index (χ4n) is 3.17. The van der Waals surface area contributed by atoms with Crippen LogP contribution in [0.25, 0.3) is 0 Å². The highest BCUT2D eigenvalue weighted by atomic mass is 35.5. The monoisotopic (exact) mass is 265 g/mol. The summed E-state index contributed by atoms with van der Waals surface area (Å²) >= 11 is 6.13. The lowest BCUT2D eigenvalue weighted by Gasteiger charge is -2.47. The van der Waals surface area contributed by atoms with E-state index in [0.29, 0.717) is 11.3 Å². The molecule has 1 aliphatic rings. The highest BCUT2D eigenvalue weighted by molar-refractivity contribution is 6.30. The second-order valence-electron chi connectivity index (χ2n) is 6.33. The third-order valence-electron chi connectivity index (χ3n) is 3.93. The van der Waals surface area contributed by atoms with Gasteiger partial charge in [0.05, 0.1) is 0 Å². The van der Waals surface area contributed by atoms with Crippen LogP contribution >= 0.6 is 11.6 Å². The first kappa shape index (κ1) is 13.9. The Bertz CT molecular complexity index is 394. The lowest BCUT2D eigenvalue weighted by Crippen LogP contribution is -2.48. The maximum absolute atomic E-state index is 6.13. The molecular formula is C16H24ClN. The number of benzene rings is 1. The summed E-state index contributed by atoms with van der Waals surface area (Å²) < 4.78 is 0. The Balaban J connectivity index is 2.07. The maximum Gasteiger partial charge on any atom is 0.0408 e. The van der Waals surface area contributed by atoms with E-state index in [2.05, 4.69) is 44.3 Å². The number of nitrogens with one attached hydrogen (secondary N) is 1. The van der Waals surface area contributed by atoms with Crippen LogP contribution in [0.5, 0.6) is 0 Å². The molecule has 1 N–H and O–H groups in total. The molecule has 0 aromatic heterocycles. The molecule has 0 bridgehead atoms. The summed E-state index contributed by atoms with van der Waals surface area (Å²) in [6, 6.07) is 8.41. The van der Waals surface area contributed by atoms with Gasteiger partial charge in [0, 0.05) is 17.0 Å². The summed E-state index contributed by atoms with van der Waals surface area (Å²) in [6.07, 6.45) is 2.55. The Morgan fingerprint density at radius 1 is 1.39 bits per heavy atom. The minimum Gasteiger partial charge on any atom is -0.316 e. The summed E-state index contributed by atoms with van der Waals surface area (Å²) in [6.45, 7) is 9.02. The van der Waals surface area contributed by atoms with Crippen LogP contribution in [0.2, 0.25) is 5.02 Å². The average Bonchev–Trinajstić information content (AvgIpc) is 2.25. The van der Waals surface area contributed by atoms with E-state index in [0.717, 1.165) is 24.0 Å². The predicted molar refractivity (Wildman–Crippen MR) is 79.2 cm³/mol. The molecule has 0 unspecified atom stereocenters. The molecule has 1 saturated carbocycles. The second-order valence-corrected chi connectivity index (χ2v) is 6.77. The molecule has 1 fully saturated rings. The van der Waals surface area contributed by atoms with Crippen LogP contribution < -0.4 is 5.32 Å². The molecule has 0 aliphatic heterocycles. The molecule has 1 aliphatic carbocycles. The molecule has 100 valence electrons. The lowest BCUT2D eigenvalue weighted by molar-refractivity contribution is 0.151. The van der Waals surface area contributed by atoms with Crippen LogP contribution in [0, 0.1) is 11.8 Å². The maximum atomic E-state index is 6.13. The van der Waals surface area contributed by atoms with E-state index in [9.17, 15) is 0 Å². The van der Waals surface area contributed by atoms with Gasteiger partial charge in [0.25, 0.3) is 0 Å². The largest absolute Gasteiger partial charge is 0.316 e.